The molecular weight excluding hydrogens is 606 g/mol. The van der Waals surface area contributed by atoms with Gasteiger partial charge in [-0.1, -0.05) is 66.2 Å². The van der Waals surface area contributed by atoms with Crippen molar-refractivity contribution in [1.29, 1.82) is 0 Å². The van der Waals surface area contributed by atoms with Crippen LogP contribution in [-0.2, 0) is 16.1 Å². The van der Waals surface area contributed by atoms with Crippen LogP contribution in [0.15, 0.2) is 111 Å². The largest absolute Gasteiger partial charge is 0.487 e. The number of cyclic esters (lactones) is 1. The van der Waals surface area contributed by atoms with Crippen molar-refractivity contribution in [3.8, 4) is 16.9 Å². The second-order valence-corrected chi connectivity index (χ2v) is 10.2. The topological polar surface area (TPSA) is 47.9 Å². The summed E-state index contributed by atoms with van der Waals surface area (Å²) in [5.41, 5.74) is 4.88. The molecule has 0 fully saturated rings. The maximum atomic E-state index is 12.5. The third kappa shape index (κ3) is 5.62. The van der Waals surface area contributed by atoms with Gasteiger partial charge in [-0.05, 0) is 96.6 Å². The summed E-state index contributed by atoms with van der Waals surface area (Å²) in [5, 5.41) is 0.659. The Balaban J connectivity index is 1.34. The van der Waals surface area contributed by atoms with Crippen molar-refractivity contribution in [3.63, 3.8) is 0 Å². The molecule has 5 rings (SSSR count). The smallest absolute Gasteiger partial charge is 0.363 e. The van der Waals surface area contributed by atoms with Crippen LogP contribution in [0.3, 0.4) is 0 Å². The molecule has 0 bridgehead atoms. The zero-order chi connectivity index (χ0) is 25.1. The maximum Gasteiger partial charge on any atom is 0.363 e. The molecule has 0 aromatic heterocycles. The molecule has 36 heavy (non-hydrogen) atoms. The van der Waals surface area contributed by atoms with Crippen LogP contribution < -0.4 is 4.74 Å². The molecule has 0 N–H and O–H groups in total. The van der Waals surface area contributed by atoms with Gasteiger partial charge in [0.25, 0.3) is 0 Å². The highest BCUT2D eigenvalue weighted by Gasteiger charge is 2.24. The molecule has 0 saturated carbocycles. The number of hydrogen-bond donors (Lipinski definition) is 0. The summed E-state index contributed by atoms with van der Waals surface area (Å²) in [4.78, 5) is 16.9. The van der Waals surface area contributed by atoms with Gasteiger partial charge in [0, 0.05) is 10.6 Å². The lowest BCUT2D eigenvalue weighted by molar-refractivity contribution is -0.129. The number of hydrogen-bond acceptors (Lipinski definition) is 4. The van der Waals surface area contributed by atoms with E-state index in [1.807, 2.05) is 91.0 Å². The number of carbonyl (C=O) groups excluding carboxylic acids is 1. The van der Waals surface area contributed by atoms with E-state index in [4.69, 9.17) is 21.1 Å². The van der Waals surface area contributed by atoms with E-state index in [9.17, 15) is 4.79 Å². The van der Waals surface area contributed by atoms with Crippen LogP contribution in [0.1, 0.15) is 16.7 Å². The number of rotatable bonds is 6. The number of halogens is 3. The van der Waals surface area contributed by atoms with Crippen molar-refractivity contribution >= 4 is 61.4 Å². The highest BCUT2D eigenvalue weighted by molar-refractivity contribution is 9.11. The van der Waals surface area contributed by atoms with Gasteiger partial charge in [0.05, 0.1) is 8.95 Å². The fourth-order valence-corrected chi connectivity index (χ4v) is 5.37. The molecule has 1 heterocycles. The quantitative estimate of drug-likeness (QED) is 0.160. The van der Waals surface area contributed by atoms with Crippen molar-refractivity contribution in [3.05, 3.63) is 127 Å². The SMILES string of the molecule is O=C1OC(c2ccc(-c3ccccc3)cc2)=N/C1=C\c1cc(Br)c(OCc2cccc(Cl)c2)c(Br)c1. The Morgan fingerprint density at radius 2 is 1.50 bits per heavy atom. The summed E-state index contributed by atoms with van der Waals surface area (Å²) in [6, 6.07) is 29.1. The van der Waals surface area contributed by atoms with Crippen molar-refractivity contribution in [2.24, 2.45) is 4.99 Å². The average molecular weight is 624 g/mol. The number of aliphatic imine (C=N–C) groups is 1. The standard InChI is InChI=1S/C29H18Br2ClNO3/c30-24-14-19(15-25(31)27(24)35-17-18-5-4-8-23(32)13-18)16-26-29(34)36-28(33-26)22-11-9-21(10-12-22)20-6-2-1-3-7-20/h1-16H,17H2/b26-16-. The maximum absolute atomic E-state index is 12.5. The molecule has 0 amide bonds. The fraction of sp³-hybridized carbons (Fsp3) is 0.0345. The van der Waals surface area contributed by atoms with Crippen LogP contribution in [0.25, 0.3) is 17.2 Å². The van der Waals surface area contributed by atoms with Crippen LogP contribution >= 0.6 is 43.5 Å². The summed E-state index contributed by atoms with van der Waals surface area (Å²) in [6.07, 6.45) is 1.68. The van der Waals surface area contributed by atoms with Crippen LogP contribution in [-0.4, -0.2) is 11.9 Å². The Hall–Kier alpha value is -3.19. The Labute approximate surface area is 230 Å². The number of benzene rings is 4. The summed E-state index contributed by atoms with van der Waals surface area (Å²) in [6.45, 7) is 0.362. The Morgan fingerprint density at radius 1 is 0.833 bits per heavy atom. The van der Waals surface area contributed by atoms with E-state index in [0.29, 0.717) is 17.4 Å². The lowest BCUT2D eigenvalue weighted by Gasteiger charge is -2.11. The van der Waals surface area contributed by atoms with Crippen molar-refractivity contribution < 1.29 is 14.3 Å². The molecule has 0 saturated heterocycles. The first-order valence-corrected chi connectivity index (χ1v) is 13.0. The molecule has 1 aliphatic heterocycles. The van der Waals surface area contributed by atoms with Gasteiger partial charge in [-0.25, -0.2) is 9.79 Å². The third-order valence-corrected chi connectivity index (χ3v) is 6.87. The van der Waals surface area contributed by atoms with Crippen LogP contribution in [0.5, 0.6) is 5.75 Å². The molecule has 4 aromatic rings. The zero-order valence-electron chi connectivity index (χ0n) is 18.8. The van der Waals surface area contributed by atoms with Crippen LogP contribution in [0.4, 0.5) is 0 Å². The first kappa shape index (κ1) is 24.5. The zero-order valence-corrected chi connectivity index (χ0v) is 22.7. The molecule has 4 aromatic carbocycles. The molecule has 0 atom stereocenters. The lowest BCUT2D eigenvalue weighted by Crippen LogP contribution is -2.05. The number of carbonyl (C=O) groups is 1. The molecular formula is C29H18Br2ClNO3. The van der Waals surface area contributed by atoms with E-state index in [1.165, 1.54) is 0 Å². The van der Waals surface area contributed by atoms with E-state index in [0.717, 1.165) is 36.8 Å². The number of esters is 1. The Kier molecular flexibility index (Phi) is 7.37. The van der Waals surface area contributed by atoms with Crippen LogP contribution in [0, 0.1) is 0 Å². The number of nitrogens with zero attached hydrogens (tertiary/aromatic N) is 1. The Morgan fingerprint density at radius 3 is 2.19 bits per heavy atom. The first-order valence-electron chi connectivity index (χ1n) is 11.0. The normalized spacial score (nSPS) is 14.0. The monoisotopic (exact) mass is 621 g/mol. The summed E-state index contributed by atoms with van der Waals surface area (Å²) in [7, 11) is 0. The molecule has 178 valence electrons. The molecule has 0 aliphatic carbocycles. The van der Waals surface area contributed by atoms with Gasteiger partial charge >= 0.3 is 5.97 Å². The second kappa shape index (κ2) is 10.8. The highest BCUT2D eigenvalue weighted by Crippen LogP contribution is 2.36. The van der Waals surface area contributed by atoms with E-state index in [2.05, 4.69) is 36.9 Å². The van der Waals surface area contributed by atoms with Crippen molar-refractivity contribution in [2.45, 2.75) is 6.61 Å². The average Bonchev–Trinajstić information content (AvgIpc) is 3.24. The predicted molar refractivity (Wildman–Crippen MR) is 150 cm³/mol. The summed E-state index contributed by atoms with van der Waals surface area (Å²) < 4.78 is 12.9. The van der Waals surface area contributed by atoms with Crippen molar-refractivity contribution in [2.75, 3.05) is 0 Å². The minimum Gasteiger partial charge on any atom is -0.487 e. The van der Waals surface area contributed by atoms with Gasteiger partial charge < -0.3 is 9.47 Å². The van der Waals surface area contributed by atoms with Gasteiger partial charge in [-0.2, -0.15) is 0 Å². The molecule has 7 heteroatoms. The molecule has 0 radical (unpaired) electrons. The lowest BCUT2D eigenvalue weighted by atomic mass is 10.0. The highest BCUT2D eigenvalue weighted by atomic mass is 79.9. The first-order chi connectivity index (χ1) is 17.5. The molecule has 4 nitrogen and oxygen atoms in total. The molecule has 0 spiro atoms. The summed E-state index contributed by atoms with van der Waals surface area (Å²) in [5.74, 6) is 0.435. The van der Waals surface area contributed by atoms with Gasteiger partial charge in [0.1, 0.15) is 12.4 Å². The number of ether oxygens (including phenoxy) is 2. The van der Waals surface area contributed by atoms with Crippen LogP contribution in [0.2, 0.25) is 5.02 Å². The van der Waals surface area contributed by atoms with Gasteiger partial charge in [-0.15, -0.1) is 0 Å². The minimum absolute atomic E-state index is 0.225. The molecule has 1 aliphatic rings. The molecule has 0 unspecified atom stereocenters. The van der Waals surface area contributed by atoms with E-state index >= 15 is 0 Å². The fourth-order valence-electron chi connectivity index (χ4n) is 3.71. The van der Waals surface area contributed by atoms with Crippen molar-refractivity contribution in [1.82, 2.24) is 0 Å². The Bertz CT molecular complexity index is 1480. The van der Waals surface area contributed by atoms with Gasteiger partial charge in [-0.3, -0.25) is 0 Å². The minimum atomic E-state index is -0.495. The summed E-state index contributed by atoms with van der Waals surface area (Å²) >= 11 is 13.2. The van der Waals surface area contributed by atoms with E-state index in [-0.39, 0.29) is 11.6 Å². The predicted octanol–water partition coefficient (Wildman–Crippen LogP) is 8.46. The van der Waals surface area contributed by atoms with Gasteiger partial charge in [0.2, 0.25) is 5.90 Å². The van der Waals surface area contributed by atoms with Gasteiger partial charge in [0.15, 0.2) is 5.70 Å². The second-order valence-electron chi connectivity index (χ2n) is 8.01. The third-order valence-electron chi connectivity index (χ3n) is 5.46. The van der Waals surface area contributed by atoms with E-state index in [1.54, 1.807) is 6.08 Å². The van der Waals surface area contributed by atoms with E-state index < -0.39 is 5.97 Å².